The van der Waals surface area contributed by atoms with Crippen molar-refractivity contribution in [1.82, 2.24) is 10.2 Å². The molecule has 0 heterocycles. The van der Waals surface area contributed by atoms with Gasteiger partial charge in [0, 0.05) is 27.7 Å². The van der Waals surface area contributed by atoms with E-state index in [9.17, 15) is 18.0 Å². The fraction of sp³-hybridized carbons (Fsp3) is 0.259. The molecule has 1 unspecified atom stereocenters. The lowest BCUT2D eigenvalue weighted by atomic mass is 10.1. The zero-order valence-electron chi connectivity index (χ0n) is 21.1. The van der Waals surface area contributed by atoms with Crippen LogP contribution in [0.1, 0.15) is 26.3 Å². The number of benzene rings is 3. The molecule has 0 spiro atoms. The van der Waals surface area contributed by atoms with Crippen LogP contribution in [0.15, 0.2) is 77.7 Å². The number of sulfonamides is 1. The molecule has 0 saturated heterocycles. The second-order valence-corrected chi connectivity index (χ2v) is 12.1. The molecule has 3 rings (SSSR count). The second-order valence-electron chi connectivity index (χ2n) is 8.94. The van der Waals surface area contributed by atoms with E-state index in [4.69, 9.17) is 34.8 Å². The van der Waals surface area contributed by atoms with Crippen molar-refractivity contribution in [2.24, 2.45) is 0 Å². The molecule has 0 bridgehead atoms. The molecule has 0 saturated carbocycles. The Balaban J connectivity index is 2.06. The molecule has 0 radical (unpaired) electrons. The minimum absolute atomic E-state index is 0.0177. The van der Waals surface area contributed by atoms with Crippen LogP contribution in [0.25, 0.3) is 0 Å². The van der Waals surface area contributed by atoms with Crippen LogP contribution in [0, 0.1) is 0 Å². The van der Waals surface area contributed by atoms with E-state index >= 15 is 0 Å². The van der Waals surface area contributed by atoms with Crippen LogP contribution < -0.4 is 9.62 Å². The highest BCUT2D eigenvalue weighted by atomic mass is 35.5. The van der Waals surface area contributed by atoms with Crippen molar-refractivity contribution in [1.29, 1.82) is 0 Å². The van der Waals surface area contributed by atoms with Crippen LogP contribution in [-0.4, -0.2) is 43.8 Å². The number of amides is 2. The molecule has 3 aromatic rings. The molecular formula is C27H28Cl3N3O4S. The Morgan fingerprint density at radius 3 is 2.05 bits per heavy atom. The fourth-order valence-corrected chi connectivity index (χ4v) is 5.90. The van der Waals surface area contributed by atoms with E-state index in [0.717, 1.165) is 4.31 Å². The molecule has 0 fully saturated rings. The summed E-state index contributed by atoms with van der Waals surface area (Å²) < 4.78 is 28.4. The number of rotatable bonds is 10. The molecule has 7 nitrogen and oxygen atoms in total. The second kappa shape index (κ2) is 12.8. The Morgan fingerprint density at radius 1 is 0.842 bits per heavy atom. The third kappa shape index (κ3) is 7.63. The van der Waals surface area contributed by atoms with E-state index in [1.165, 1.54) is 35.2 Å². The van der Waals surface area contributed by atoms with Gasteiger partial charge in [0.25, 0.3) is 10.0 Å². The molecule has 1 N–H and O–H groups in total. The molecule has 0 aliphatic rings. The first-order chi connectivity index (χ1) is 17.9. The van der Waals surface area contributed by atoms with Gasteiger partial charge in [-0.25, -0.2) is 8.42 Å². The van der Waals surface area contributed by atoms with Crippen LogP contribution in [0.4, 0.5) is 5.69 Å². The molecule has 3 aromatic carbocycles. The average Bonchev–Trinajstić information content (AvgIpc) is 2.84. The van der Waals surface area contributed by atoms with Crippen molar-refractivity contribution < 1.29 is 18.0 Å². The van der Waals surface area contributed by atoms with Crippen LogP contribution >= 0.6 is 34.8 Å². The summed E-state index contributed by atoms with van der Waals surface area (Å²) in [7, 11) is -4.21. The van der Waals surface area contributed by atoms with Crippen molar-refractivity contribution >= 4 is 62.3 Å². The van der Waals surface area contributed by atoms with Gasteiger partial charge >= 0.3 is 0 Å². The smallest absolute Gasteiger partial charge is 0.264 e. The first-order valence-electron chi connectivity index (χ1n) is 11.8. The summed E-state index contributed by atoms with van der Waals surface area (Å²) in [6.45, 7) is 4.64. The van der Waals surface area contributed by atoms with Crippen LogP contribution in [0.3, 0.4) is 0 Å². The minimum Gasteiger partial charge on any atom is -0.352 e. The van der Waals surface area contributed by atoms with Crippen molar-refractivity contribution in [2.75, 3.05) is 10.8 Å². The lowest BCUT2D eigenvalue weighted by Gasteiger charge is -2.32. The third-order valence-corrected chi connectivity index (χ3v) is 8.05. The maximum Gasteiger partial charge on any atom is 0.264 e. The van der Waals surface area contributed by atoms with Crippen molar-refractivity contribution in [3.63, 3.8) is 0 Å². The SMILES string of the molecule is CC(C)NC(=O)C(C)N(Cc1cccc(Cl)c1)C(=O)CN(c1cc(Cl)cc(Cl)c1)S(=O)(=O)c1ccccc1. The van der Waals surface area contributed by atoms with Gasteiger partial charge in [-0.05, 0) is 68.8 Å². The van der Waals surface area contributed by atoms with Crippen molar-refractivity contribution in [2.45, 2.75) is 44.3 Å². The molecule has 1 atom stereocenters. The Morgan fingerprint density at radius 2 is 1.47 bits per heavy atom. The number of hydrogen-bond acceptors (Lipinski definition) is 4. The van der Waals surface area contributed by atoms with E-state index in [-0.39, 0.29) is 39.1 Å². The summed E-state index contributed by atoms with van der Waals surface area (Å²) in [6, 6.07) is 17.8. The topological polar surface area (TPSA) is 86.8 Å². The highest BCUT2D eigenvalue weighted by molar-refractivity contribution is 7.92. The maximum absolute atomic E-state index is 13.8. The maximum atomic E-state index is 13.8. The number of carbonyl (C=O) groups is 2. The molecule has 2 amide bonds. The quantitative estimate of drug-likeness (QED) is 0.321. The number of halogens is 3. The van der Waals surface area contributed by atoms with E-state index < -0.39 is 28.5 Å². The Hall–Kier alpha value is -2.78. The van der Waals surface area contributed by atoms with Gasteiger partial charge in [-0.15, -0.1) is 0 Å². The normalized spacial score (nSPS) is 12.2. The zero-order valence-corrected chi connectivity index (χ0v) is 24.2. The average molecular weight is 597 g/mol. The van der Waals surface area contributed by atoms with Crippen LogP contribution in [-0.2, 0) is 26.2 Å². The number of nitrogens with zero attached hydrogens (tertiary/aromatic N) is 2. The summed E-state index contributed by atoms with van der Waals surface area (Å²) in [5, 5.41) is 3.68. The van der Waals surface area contributed by atoms with Crippen molar-refractivity contribution in [3.05, 3.63) is 93.4 Å². The number of hydrogen-bond donors (Lipinski definition) is 1. The lowest BCUT2D eigenvalue weighted by molar-refractivity contribution is -0.139. The van der Waals surface area contributed by atoms with Gasteiger partial charge in [-0.3, -0.25) is 13.9 Å². The Kier molecular flexibility index (Phi) is 10.1. The van der Waals surface area contributed by atoms with Crippen molar-refractivity contribution in [3.8, 4) is 0 Å². The van der Waals surface area contributed by atoms with E-state index in [2.05, 4.69) is 5.32 Å². The highest BCUT2D eigenvalue weighted by Gasteiger charge is 2.33. The monoisotopic (exact) mass is 595 g/mol. The summed E-state index contributed by atoms with van der Waals surface area (Å²) in [6.07, 6.45) is 0. The Bertz CT molecular complexity index is 1380. The number of anilines is 1. The molecule has 0 aliphatic heterocycles. The predicted octanol–water partition coefficient (Wildman–Crippen LogP) is 5.78. The van der Waals surface area contributed by atoms with Gasteiger partial charge in [0.2, 0.25) is 11.8 Å². The molecule has 0 aromatic heterocycles. The number of carbonyl (C=O) groups excluding carboxylic acids is 2. The largest absolute Gasteiger partial charge is 0.352 e. The molecule has 0 aliphatic carbocycles. The summed E-state index contributed by atoms with van der Waals surface area (Å²) >= 11 is 18.5. The van der Waals surface area contributed by atoms with Gasteiger partial charge in [-0.1, -0.05) is 65.1 Å². The van der Waals surface area contributed by atoms with Gasteiger partial charge in [0.1, 0.15) is 12.6 Å². The first-order valence-corrected chi connectivity index (χ1v) is 14.3. The molecule has 202 valence electrons. The highest BCUT2D eigenvalue weighted by Crippen LogP contribution is 2.30. The molecule has 38 heavy (non-hydrogen) atoms. The fourth-order valence-electron chi connectivity index (χ4n) is 3.75. The lowest BCUT2D eigenvalue weighted by Crippen LogP contribution is -2.52. The zero-order chi connectivity index (χ0) is 28.0. The first kappa shape index (κ1) is 29.8. The van der Waals surface area contributed by atoms with E-state index in [1.54, 1.807) is 49.4 Å². The van der Waals surface area contributed by atoms with Crippen LogP contribution in [0.2, 0.25) is 15.1 Å². The number of nitrogens with one attached hydrogen (secondary N) is 1. The van der Waals surface area contributed by atoms with Gasteiger partial charge < -0.3 is 10.2 Å². The standard InChI is InChI=1S/C27H28Cl3N3O4S/c1-18(2)31-27(35)19(3)32(16-20-8-7-9-21(28)12-20)26(34)17-33(24-14-22(29)13-23(30)15-24)38(36,37)25-10-5-4-6-11-25/h4-15,18-19H,16-17H2,1-3H3,(H,31,35). The Labute approximate surface area is 238 Å². The van der Waals surface area contributed by atoms with Gasteiger partial charge in [-0.2, -0.15) is 0 Å². The minimum atomic E-state index is -4.21. The van der Waals surface area contributed by atoms with Crippen LogP contribution in [0.5, 0.6) is 0 Å². The third-order valence-electron chi connectivity index (χ3n) is 5.59. The summed E-state index contributed by atoms with van der Waals surface area (Å²) in [4.78, 5) is 28.1. The molecule has 11 heteroatoms. The van der Waals surface area contributed by atoms with E-state index in [0.29, 0.717) is 10.6 Å². The summed E-state index contributed by atoms with van der Waals surface area (Å²) in [5.41, 5.74) is 0.792. The van der Waals surface area contributed by atoms with Gasteiger partial charge in [0.15, 0.2) is 0 Å². The predicted molar refractivity (Wildman–Crippen MR) is 152 cm³/mol. The summed E-state index contributed by atoms with van der Waals surface area (Å²) in [5.74, 6) is -0.981. The van der Waals surface area contributed by atoms with Gasteiger partial charge in [0.05, 0.1) is 10.6 Å². The molecular weight excluding hydrogens is 569 g/mol. The van der Waals surface area contributed by atoms with E-state index in [1.807, 2.05) is 13.8 Å².